The molecule has 4 nitrogen and oxygen atoms in total. The van der Waals surface area contributed by atoms with Crippen LogP contribution in [-0.4, -0.2) is 25.8 Å². The minimum Gasteiger partial charge on any atom is -0.492 e. The predicted octanol–water partition coefficient (Wildman–Crippen LogP) is 15.8. The molecule has 0 unspecified atom stereocenters. The first-order chi connectivity index (χ1) is 26.3. The number of unbranched alkanes of at least 4 members (excludes halogenated alkanes) is 10. The van der Waals surface area contributed by atoms with E-state index in [1.165, 1.54) is 77.7 Å². The van der Waals surface area contributed by atoms with Gasteiger partial charge >= 0.3 is 5.97 Å². The van der Waals surface area contributed by atoms with Crippen molar-refractivity contribution < 1.29 is 23.4 Å². The second-order valence-electron chi connectivity index (χ2n) is 14.4. The molecule has 0 aliphatic heterocycles. The Hall–Kier alpha value is -3.24. The molecule has 0 N–H and O–H groups in total. The van der Waals surface area contributed by atoms with E-state index in [9.17, 15) is 4.79 Å². The molecule has 54 heavy (non-hydrogen) atoms. The van der Waals surface area contributed by atoms with Crippen molar-refractivity contribution in [2.75, 3.05) is 19.8 Å². The lowest BCUT2D eigenvalue weighted by atomic mass is 9.98. The first kappa shape index (κ1) is 39.0. The van der Waals surface area contributed by atoms with Gasteiger partial charge in [-0.2, -0.15) is 0 Å². The van der Waals surface area contributed by atoms with Crippen molar-refractivity contribution >= 4 is 103 Å². The standard InChI is InChI=1S/C45H51FO4S4/c1-6-9-11-13-15-17-19-49-40-31-22-29-21-27(4)51-35(29)25-33(31)41(50-20-18-16-14-12-10-7-2)32-23-30-24-37(53-36(30)26-34(32)40)43-38-39(46)44(45(47)48-8-3)54-42(38)28(5)52-43/h21-26H,6-20H2,1-5H3. The van der Waals surface area contributed by atoms with Gasteiger partial charge in [-0.25, -0.2) is 9.18 Å². The third-order valence-corrected chi connectivity index (χ3v) is 15.0. The maximum atomic E-state index is 16.0. The van der Waals surface area contributed by atoms with Crippen molar-refractivity contribution in [2.24, 2.45) is 0 Å². The molecule has 4 heterocycles. The number of ether oxygens (including phenoxy) is 3. The van der Waals surface area contributed by atoms with E-state index >= 15 is 4.39 Å². The van der Waals surface area contributed by atoms with Crippen LogP contribution in [-0.2, 0) is 4.74 Å². The zero-order valence-corrected chi connectivity index (χ0v) is 35.5. The molecule has 0 bridgehead atoms. The fourth-order valence-electron chi connectivity index (χ4n) is 7.50. The molecule has 0 atom stereocenters. The lowest BCUT2D eigenvalue weighted by molar-refractivity contribution is 0.0527. The van der Waals surface area contributed by atoms with E-state index in [0.717, 1.165) is 88.1 Å². The van der Waals surface area contributed by atoms with Crippen molar-refractivity contribution in [3.05, 3.63) is 56.8 Å². The van der Waals surface area contributed by atoms with Gasteiger partial charge in [0.1, 0.15) is 16.4 Å². The zero-order valence-electron chi connectivity index (χ0n) is 32.2. The lowest BCUT2D eigenvalue weighted by Gasteiger charge is -2.19. The Morgan fingerprint density at radius 3 is 1.76 bits per heavy atom. The van der Waals surface area contributed by atoms with Crippen LogP contribution in [0.15, 0.2) is 36.4 Å². The van der Waals surface area contributed by atoms with Crippen LogP contribution in [0.3, 0.4) is 0 Å². The van der Waals surface area contributed by atoms with Crippen molar-refractivity contribution in [2.45, 2.75) is 112 Å². The number of hydrogen-bond acceptors (Lipinski definition) is 8. The smallest absolute Gasteiger partial charge is 0.351 e. The van der Waals surface area contributed by atoms with E-state index in [2.05, 4.69) is 57.2 Å². The molecule has 0 saturated carbocycles. The van der Waals surface area contributed by atoms with Crippen molar-refractivity contribution in [3.8, 4) is 21.3 Å². The third kappa shape index (κ3) is 8.02. The summed E-state index contributed by atoms with van der Waals surface area (Å²) in [6.07, 6.45) is 14.4. The maximum Gasteiger partial charge on any atom is 0.351 e. The quantitative estimate of drug-likeness (QED) is 0.0464. The average molecular weight is 803 g/mol. The number of rotatable bonds is 19. The van der Waals surface area contributed by atoms with Crippen LogP contribution in [0, 0.1) is 19.7 Å². The first-order valence-electron chi connectivity index (χ1n) is 19.8. The molecular weight excluding hydrogens is 752 g/mol. The number of thiophene rings is 4. The minimum atomic E-state index is -0.599. The van der Waals surface area contributed by atoms with E-state index in [0.29, 0.717) is 18.6 Å². The summed E-state index contributed by atoms with van der Waals surface area (Å²) in [5, 5.41) is 7.13. The van der Waals surface area contributed by atoms with Crippen LogP contribution < -0.4 is 9.47 Å². The van der Waals surface area contributed by atoms with Crippen LogP contribution in [0.4, 0.5) is 4.39 Å². The number of halogens is 1. The number of hydrogen-bond donors (Lipinski definition) is 0. The highest BCUT2D eigenvalue weighted by molar-refractivity contribution is 7.30. The molecule has 4 aromatic heterocycles. The number of aryl methyl sites for hydroxylation is 2. The highest BCUT2D eigenvalue weighted by atomic mass is 32.1. The Morgan fingerprint density at radius 2 is 1.17 bits per heavy atom. The molecule has 7 rings (SSSR count). The first-order valence-corrected chi connectivity index (χ1v) is 23.1. The summed E-state index contributed by atoms with van der Waals surface area (Å²) in [5.74, 6) is 0.756. The van der Waals surface area contributed by atoms with E-state index in [1.807, 2.05) is 18.3 Å². The highest BCUT2D eigenvalue weighted by Crippen LogP contribution is 2.51. The third-order valence-electron chi connectivity index (χ3n) is 10.2. The molecule has 0 radical (unpaired) electrons. The molecule has 9 heteroatoms. The normalized spacial score (nSPS) is 12.0. The minimum absolute atomic E-state index is 0.0481. The Labute approximate surface area is 334 Å². The monoisotopic (exact) mass is 802 g/mol. The fourth-order valence-corrected chi connectivity index (χ4v) is 12.0. The van der Waals surface area contributed by atoms with E-state index in [1.54, 1.807) is 29.6 Å². The summed E-state index contributed by atoms with van der Waals surface area (Å²) in [4.78, 5) is 16.8. The molecule has 286 valence electrons. The Balaban J connectivity index is 1.35. The van der Waals surface area contributed by atoms with Crippen LogP contribution in [0.5, 0.6) is 11.5 Å². The number of fused-ring (bicyclic) bond motifs is 5. The van der Waals surface area contributed by atoms with Gasteiger partial charge in [0, 0.05) is 51.0 Å². The van der Waals surface area contributed by atoms with E-state index in [-0.39, 0.29) is 11.5 Å². The summed E-state index contributed by atoms with van der Waals surface area (Å²) in [7, 11) is 0. The van der Waals surface area contributed by atoms with Crippen LogP contribution in [0.2, 0.25) is 0 Å². The molecular formula is C45H51FO4S4. The number of benzene rings is 3. The Morgan fingerprint density at radius 1 is 0.630 bits per heavy atom. The van der Waals surface area contributed by atoms with E-state index < -0.39 is 11.8 Å². The molecule has 0 amide bonds. The number of carbonyl (C=O) groups is 1. The number of carbonyl (C=O) groups excluding carboxylic acids is 1. The molecule has 7 aromatic rings. The van der Waals surface area contributed by atoms with Crippen LogP contribution in [0.25, 0.3) is 61.6 Å². The van der Waals surface area contributed by atoms with Crippen LogP contribution in [0.1, 0.15) is 117 Å². The van der Waals surface area contributed by atoms with Gasteiger partial charge in [-0.3, -0.25) is 0 Å². The highest BCUT2D eigenvalue weighted by Gasteiger charge is 2.27. The van der Waals surface area contributed by atoms with Gasteiger partial charge in [0.15, 0.2) is 5.82 Å². The topological polar surface area (TPSA) is 44.8 Å². The molecule has 3 aromatic carbocycles. The SMILES string of the molecule is CCCCCCCCOc1c2cc3cc(-c4sc(C)c5sc(C(=O)OCC)c(F)c45)sc3cc2c(OCCCCCCCC)c2cc3cc(C)sc3cc12. The van der Waals surface area contributed by atoms with Crippen molar-refractivity contribution in [3.63, 3.8) is 0 Å². The van der Waals surface area contributed by atoms with Crippen LogP contribution >= 0.6 is 45.3 Å². The van der Waals surface area contributed by atoms with Gasteiger partial charge in [0.25, 0.3) is 0 Å². The molecule has 0 fully saturated rings. The summed E-state index contributed by atoms with van der Waals surface area (Å²) in [6.45, 7) is 12.0. The summed E-state index contributed by atoms with van der Waals surface area (Å²) < 4.78 is 38.1. The molecule has 0 aliphatic rings. The summed E-state index contributed by atoms with van der Waals surface area (Å²) in [6, 6.07) is 13.6. The van der Waals surface area contributed by atoms with Gasteiger partial charge in [0.05, 0.1) is 29.4 Å². The molecule has 0 saturated heterocycles. The Kier molecular flexibility index (Phi) is 12.8. The Bertz CT molecular complexity index is 2300. The molecule has 0 aliphatic carbocycles. The van der Waals surface area contributed by atoms with Gasteiger partial charge < -0.3 is 14.2 Å². The van der Waals surface area contributed by atoms with Crippen molar-refractivity contribution in [1.82, 2.24) is 0 Å². The largest absolute Gasteiger partial charge is 0.492 e. The predicted molar refractivity (Wildman–Crippen MR) is 234 cm³/mol. The van der Waals surface area contributed by atoms with Gasteiger partial charge in [-0.1, -0.05) is 78.1 Å². The number of esters is 1. The molecule has 0 spiro atoms. The maximum absolute atomic E-state index is 16.0. The zero-order chi connectivity index (χ0) is 37.8. The van der Waals surface area contributed by atoms with Gasteiger partial charge in [-0.05, 0) is 80.8 Å². The fraction of sp³-hybridized carbons (Fsp3) is 0.444. The van der Waals surface area contributed by atoms with Gasteiger partial charge in [-0.15, -0.1) is 45.3 Å². The van der Waals surface area contributed by atoms with Crippen molar-refractivity contribution in [1.29, 1.82) is 0 Å². The summed E-state index contributed by atoms with van der Waals surface area (Å²) >= 11 is 6.26. The van der Waals surface area contributed by atoms with E-state index in [4.69, 9.17) is 14.2 Å². The second kappa shape index (κ2) is 17.7. The lowest BCUT2D eigenvalue weighted by Crippen LogP contribution is -2.03. The second-order valence-corrected chi connectivity index (χ2v) is 19.0. The van der Waals surface area contributed by atoms with Gasteiger partial charge in [0.2, 0.25) is 0 Å². The summed E-state index contributed by atoms with van der Waals surface area (Å²) in [5.41, 5.74) is 0. The average Bonchev–Trinajstić information content (AvgIpc) is 3.92.